The van der Waals surface area contributed by atoms with E-state index in [2.05, 4.69) is 0 Å². The van der Waals surface area contributed by atoms with Gasteiger partial charge in [-0.1, -0.05) is 0 Å². The van der Waals surface area contributed by atoms with E-state index in [0.717, 1.165) is 0 Å². The summed E-state index contributed by atoms with van der Waals surface area (Å²) in [7, 11) is -9.58. The summed E-state index contributed by atoms with van der Waals surface area (Å²) in [6, 6.07) is 0. The van der Waals surface area contributed by atoms with E-state index in [-0.39, 0.29) is 24.3 Å². The molecule has 5 N–H and O–H groups in total. The molecule has 0 saturated carbocycles. The van der Waals surface area contributed by atoms with Crippen molar-refractivity contribution >= 4 is 20.8 Å². The second kappa shape index (κ2) is 7.92. The largest absolute Gasteiger partial charge is 1.00 e. The van der Waals surface area contributed by atoms with Crippen LogP contribution >= 0.6 is 0 Å². The number of hydrogen-bond donors (Lipinski definition) is 3. The quantitative estimate of drug-likeness (QED) is 0.205. The van der Waals surface area contributed by atoms with Crippen LogP contribution in [0.5, 0.6) is 0 Å². The van der Waals surface area contributed by atoms with E-state index in [4.69, 9.17) is 35.0 Å². The minimum atomic E-state index is -4.92. The van der Waals surface area contributed by atoms with Gasteiger partial charge in [-0.15, -0.1) is 0 Å². The Kier molecular flexibility index (Phi) is 15.0. The Morgan fingerprint density at radius 1 is 0.917 bits per heavy atom. The smallest absolute Gasteiger partial charge is 0.726 e. The maximum Gasteiger partial charge on any atom is 1.00 e. The van der Waals surface area contributed by atoms with E-state index in [1.54, 1.807) is 0 Å². The first-order valence-electron chi connectivity index (χ1n) is 1.38. The summed E-state index contributed by atoms with van der Waals surface area (Å²) >= 11 is 0. The van der Waals surface area contributed by atoms with E-state index in [1.807, 2.05) is 0 Å². The van der Waals surface area contributed by atoms with Gasteiger partial charge >= 0.3 is 29.3 Å². The molecule has 0 fully saturated rings. The zero-order valence-corrected chi connectivity index (χ0v) is 7.33. The molecule has 0 aliphatic carbocycles. The average Bonchev–Trinajstić information content (AvgIpc) is 1.12. The van der Waals surface area contributed by atoms with Gasteiger partial charge in [0.05, 0.1) is 0 Å². The summed E-state index contributed by atoms with van der Waals surface area (Å²) in [5, 5.41) is 0. The Hall–Kier alpha value is 0.297. The van der Waals surface area contributed by atoms with Gasteiger partial charge in [-0.05, 0) is 0 Å². The Bertz CT molecular complexity index is 209. The molecule has 0 aliphatic heterocycles. The van der Waals surface area contributed by atoms with Crippen LogP contribution in [0.2, 0.25) is 0 Å². The van der Waals surface area contributed by atoms with Crippen molar-refractivity contribution in [3.05, 3.63) is 0 Å². The molecule has 0 saturated heterocycles. The van der Waals surface area contributed by atoms with Gasteiger partial charge in [0.15, 0.2) is 0 Å². The molecule has 0 atom stereocenters. The molecule has 0 amide bonds. The Balaban J connectivity index is -0.0000000457. The van der Waals surface area contributed by atoms with Gasteiger partial charge in [0.2, 0.25) is 10.4 Å². The zero-order chi connectivity index (χ0) is 9.00. The van der Waals surface area contributed by atoms with E-state index in [1.165, 1.54) is 0 Å². The molecular formula is H5LiO9S2. The third-order valence-corrected chi connectivity index (χ3v) is 0. The molecule has 0 bridgehead atoms. The Morgan fingerprint density at radius 3 is 0.917 bits per heavy atom. The van der Waals surface area contributed by atoms with Crippen molar-refractivity contribution in [2.45, 2.75) is 0 Å². The summed E-state index contributed by atoms with van der Waals surface area (Å²) in [6.45, 7) is 0. The minimum Gasteiger partial charge on any atom is -0.726 e. The van der Waals surface area contributed by atoms with Crippen LogP contribution in [-0.2, 0) is 20.8 Å². The molecule has 12 heteroatoms. The van der Waals surface area contributed by atoms with Crippen LogP contribution in [0, 0.1) is 0 Å². The maximum absolute atomic E-state index is 8.74. The number of hydrogen-bond acceptors (Lipinski definition) is 5. The van der Waals surface area contributed by atoms with Crippen molar-refractivity contribution in [3.63, 3.8) is 0 Å². The van der Waals surface area contributed by atoms with Gasteiger partial charge in [0.25, 0.3) is 0 Å². The zero-order valence-electron chi connectivity index (χ0n) is 5.70. The predicted molar refractivity (Wildman–Crippen MR) is 30.1 cm³/mol. The van der Waals surface area contributed by atoms with Crippen LogP contribution in [0.4, 0.5) is 0 Å². The normalized spacial score (nSPS) is 9.67. The van der Waals surface area contributed by atoms with Crippen molar-refractivity contribution in [1.82, 2.24) is 0 Å². The Labute approximate surface area is 80.4 Å². The molecule has 12 heavy (non-hydrogen) atoms. The average molecular weight is 220 g/mol. The van der Waals surface area contributed by atoms with Gasteiger partial charge in [-0.25, -0.2) is 8.42 Å². The SMILES string of the molecule is O.O=S(=O)(O)O.O=S(=O)([O-])O.[Li+]. The minimum absolute atomic E-state index is 0. The predicted octanol–water partition coefficient (Wildman–Crippen LogP) is -5.47. The Morgan fingerprint density at radius 2 is 0.917 bits per heavy atom. The summed E-state index contributed by atoms with van der Waals surface area (Å²) in [4.78, 5) is 0. The molecule has 0 aromatic carbocycles. The van der Waals surface area contributed by atoms with Gasteiger partial charge in [-0.2, -0.15) is 8.42 Å². The molecule has 9 nitrogen and oxygen atoms in total. The van der Waals surface area contributed by atoms with Crippen LogP contribution in [0.1, 0.15) is 0 Å². The summed E-state index contributed by atoms with van der Waals surface area (Å²) < 4.78 is 64.4. The van der Waals surface area contributed by atoms with Crippen LogP contribution in [0.15, 0.2) is 0 Å². The van der Waals surface area contributed by atoms with Gasteiger partial charge in [-0.3, -0.25) is 13.7 Å². The van der Waals surface area contributed by atoms with Crippen LogP contribution < -0.4 is 18.9 Å². The van der Waals surface area contributed by atoms with Crippen LogP contribution in [0.3, 0.4) is 0 Å². The summed E-state index contributed by atoms with van der Waals surface area (Å²) in [5.41, 5.74) is 0. The third kappa shape index (κ3) is 10100. The summed E-state index contributed by atoms with van der Waals surface area (Å²) in [6.07, 6.45) is 0. The van der Waals surface area contributed by atoms with Crippen molar-refractivity contribution in [2.24, 2.45) is 0 Å². The first-order valence-corrected chi connectivity index (χ1v) is 4.14. The van der Waals surface area contributed by atoms with Crippen molar-refractivity contribution in [2.75, 3.05) is 0 Å². The first kappa shape index (κ1) is 22.8. The molecular weight excluding hydrogens is 215 g/mol. The molecule has 0 heterocycles. The van der Waals surface area contributed by atoms with E-state index < -0.39 is 20.8 Å². The molecule has 0 aliphatic rings. The fourth-order valence-electron chi connectivity index (χ4n) is 0. The molecule has 0 aromatic rings. The molecule has 72 valence electrons. The van der Waals surface area contributed by atoms with E-state index in [0.29, 0.717) is 0 Å². The van der Waals surface area contributed by atoms with Gasteiger partial charge in [0.1, 0.15) is 0 Å². The fourth-order valence-corrected chi connectivity index (χ4v) is 0. The molecule has 0 unspecified atom stereocenters. The third-order valence-electron chi connectivity index (χ3n) is 0. The molecule has 0 radical (unpaired) electrons. The van der Waals surface area contributed by atoms with Crippen LogP contribution in [-0.4, -0.2) is 40.5 Å². The van der Waals surface area contributed by atoms with Gasteiger partial charge < -0.3 is 10.0 Å². The molecule has 0 spiro atoms. The molecule has 0 rings (SSSR count). The fraction of sp³-hybridized carbons (Fsp3) is 0. The standard InChI is InChI=1S/Li.2H2O4S.H2O/c;2*1-5(2,3)4;/h;2*(H2,1,2,3,4);1H2/q+1;;;/p-1. The number of rotatable bonds is 0. The second-order valence-corrected chi connectivity index (χ2v) is 2.63. The maximum atomic E-state index is 8.74. The molecule has 0 aromatic heterocycles. The van der Waals surface area contributed by atoms with Crippen molar-refractivity contribution in [1.29, 1.82) is 0 Å². The van der Waals surface area contributed by atoms with Crippen LogP contribution in [0.25, 0.3) is 0 Å². The second-order valence-electron chi connectivity index (χ2n) is 0.876. The van der Waals surface area contributed by atoms with Crippen molar-refractivity contribution in [3.8, 4) is 0 Å². The first-order chi connectivity index (χ1) is 4.00. The van der Waals surface area contributed by atoms with E-state index in [9.17, 15) is 0 Å². The van der Waals surface area contributed by atoms with E-state index >= 15 is 0 Å². The topological polar surface area (TPSA) is 184 Å². The van der Waals surface area contributed by atoms with Gasteiger partial charge in [0, 0.05) is 0 Å². The summed E-state index contributed by atoms with van der Waals surface area (Å²) in [5.74, 6) is 0. The van der Waals surface area contributed by atoms with Crippen molar-refractivity contribution < 1.29 is 59.4 Å². The monoisotopic (exact) mass is 220 g/mol.